The van der Waals surface area contributed by atoms with Crippen LogP contribution in [0.1, 0.15) is 17.5 Å². The minimum Gasteiger partial charge on any atom is -0.463 e. The molecule has 4 rings (SSSR count). The van der Waals surface area contributed by atoms with Crippen molar-refractivity contribution in [2.45, 2.75) is 24.8 Å². The van der Waals surface area contributed by atoms with Crippen LogP contribution in [0.5, 0.6) is 0 Å². The van der Waals surface area contributed by atoms with Crippen LogP contribution in [-0.2, 0) is 17.6 Å². The Morgan fingerprint density at radius 3 is 2.90 bits per heavy atom. The molecule has 1 unspecified atom stereocenters. The molecule has 2 aliphatic rings. The average molecular weight is 279 g/mol. The standard InChI is InChI=1S/C17H17N3O/c18-16-20-17(11-21-16)7-6-15-12(9-17)3-1-5-14(15)13-4-2-8-19-10-13/h1-5,8,10H,6-7,9,11H2,(H2,18,20). The Labute approximate surface area is 123 Å². The quantitative estimate of drug-likeness (QED) is 0.871. The first-order chi connectivity index (χ1) is 10.3. The van der Waals surface area contributed by atoms with Crippen molar-refractivity contribution < 1.29 is 4.74 Å². The second kappa shape index (κ2) is 4.58. The smallest absolute Gasteiger partial charge is 0.282 e. The van der Waals surface area contributed by atoms with Crippen LogP contribution in [0, 0.1) is 0 Å². The number of pyridine rings is 1. The molecule has 2 N–H and O–H groups in total. The molecule has 1 aromatic heterocycles. The van der Waals surface area contributed by atoms with Gasteiger partial charge in [-0.25, -0.2) is 4.99 Å². The van der Waals surface area contributed by atoms with Gasteiger partial charge in [0.1, 0.15) is 12.1 Å². The van der Waals surface area contributed by atoms with Crippen LogP contribution in [0.2, 0.25) is 0 Å². The molecule has 0 amide bonds. The molecule has 0 bridgehead atoms. The Morgan fingerprint density at radius 1 is 1.19 bits per heavy atom. The fourth-order valence-electron chi connectivity index (χ4n) is 3.41. The third-order valence-electron chi connectivity index (χ3n) is 4.44. The van der Waals surface area contributed by atoms with Crippen molar-refractivity contribution in [1.29, 1.82) is 0 Å². The molecular formula is C17H17N3O. The zero-order chi connectivity index (χ0) is 14.3. The summed E-state index contributed by atoms with van der Waals surface area (Å²) in [6.45, 7) is 0.607. The number of hydrogen-bond donors (Lipinski definition) is 1. The van der Waals surface area contributed by atoms with E-state index >= 15 is 0 Å². The van der Waals surface area contributed by atoms with Crippen LogP contribution in [0.15, 0.2) is 47.7 Å². The fourth-order valence-corrected chi connectivity index (χ4v) is 3.41. The van der Waals surface area contributed by atoms with Crippen LogP contribution in [0.25, 0.3) is 11.1 Å². The zero-order valence-corrected chi connectivity index (χ0v) is 11.7. The number of amidine groups is 1. The number of fused-ring (bicyclic) bond motifs is 1. The first-order valence-corrected chi connectivity index (χ1v) is 7.25. The average Bonchev–Trinajstić information content (AvgIpc) is 2.88. The van der Waals surface area contributed by atoms with E-state index in [9.17, 15) is 0 Å². The summed E-state index contributed by atoms with van der Waals surface area (Å²) in [5.74, 6) is 0. The molecule has 1 spiro atoms. The zero-order valence-electron chi connectivity index (χ0n) is 11.7. The molecular weight excluding hydrogens is 262 g/mol. The van der Waals surface area contributed by atoms with Gasteiger partial charge >= 0.3 is 0 Å². The van der Waals surface area contributed by atoms with Crippen LogP contribution in [0.4, 0.5) is 0 Å². The van der Waals surface area contributed by atoms with Crippen LogP contribution < -0.4 is 5.73 Å². The SMILES string of the molecule is NC1=NC2(CCc3c(cccc3-c3cccnc3)C2)CO1. The summed E-state index contributed by atoms with van der Waals surface area (Å²) in [4.78, 5) is 8.77. The van der Waals surface area contributed by atoms with E-state index in [2.05, 4.69) is 34.2 Å². The largest absolute Gasteiger partial charge is 0.463 e. The molecule has 0 radical (unpaired) electrons. The molecule has 21 heavy (non-hydrogen) atoms. The van der Waals surface area contributed by atoms with Gasteiger partial charge in [-0.3, -0.25) is 4.98 Å². The predicted octanol–water partition coefficient (Wildman–Crippen LogP) is 2.32. The fraction of sp³-hybridized carbons (Fsp3) is 0.294. The maximum atomic E-state index is 5.70. The van der Waals surface area contributed by atoms with E-state index < -0.39 is 0 Å². The summed E-state index contributed by atoms with van der Waals surface area (Å²) in [5.41, 5.74) is 10.8. The van der Waals surface area contributed by atoms with E-state index in [1.54, 1.807) is 6.20 Å². The van der Waals surface area contributed by atoms with Gasteiger partial charge in [-0.2, -0.15) is 0 Å². The third kappa shape index (κ3) is 2.07. The molecule has 4 nitrogen and oxygen atoms in total. The predicted molar refractivity (Wildman–Crippen MR) is 82.0 cm³/mol. The van der Waals surface area contributed by atoms with Crippen molar-refractivity contribution in [3.63, 3.8) is 0 Å². The molecule has 1 aliphatic carbocycles. The molecule has 1 aliphatic heterocycles. The molecule has 0 saturated heterocycles. The monoisotopic (exact) mass is 279 g/mol. The molecule has 0 fully saturated rings. The second-order valence-electron chi connectivity index (χ2n) is 5.82. The maximum absolute atomic E-state index is 5.70. The van der Waals surface area contributed by atoms with E-state index in [0.29, 0.717) is 12.6 Å². The Bertz CT molecular complexity index is 711. The lowest BCUT2D eigenvalue weighted by molar-refractivity contribution is 0.235. The van der Waals surface area contributed by atoms with Crippen molar-refractivity contribution in [2.75, 3.05) is 6.61 Å². The van der Waals surface area contributed by atoms with Gasteiger partial charge in [0, 0.05) is 24.4 Å². The van der Waals surface area contributed by atoms with Gasteiger partial charge in [0.15, 0.2) is 0 Å². The number of nitrogens with two attached hydrogens (primary N) is 1. The first-order valence-electron chi connectivity index (χ1n) is 7.25. The van der Waals surface area contributed by atoms with Crippen molar-refractivity contribution in [2.24, 2.45) is 10.7 Å². The van der Waals surface area contributed by atoms with Crippen LogP contribution in [0.3, 0.4) is 0 Å². The van der Waals surface area contributed by atoms with E-state index in [1.165, 1.54) is 22.3 Å². The Kier molecular flexibility index (Phi) is 2.70. The van der Waals surface area contributed by atoms with E-state index in [4.69, 9.17) is 10.5 Å². The van der Waals surface area contributed by atoms with Crippen molar-refractivity contribution in [3.05, 3.63) is 53.9 Å². The lowest BCUT2D eigenvalue weighted by atomic mass is 9.77. The Hall–Kier alpha value is -2.36. The van der Waals surface area contributed by atoms with E-state index in [0.717, 1.165) is 19.3 Å². The normalized spacial score (nSPS) is 23.5. The van der Waals surface area contributed by atoms with Crippen LogP contribution in [-0.4, -0.2) is 23.2 Å². The number of aliphatic imine (C=N–C) groups is 1. The van der Waals surface area contributed by atoms with E-state index in [-0.39, 0.29) is 5.54 Å². The number of benzene rings is 1. The number of hydrogen-bond acceptors (Lipinski definition) is 4. The summed E-state index contributed by atoms with van der Waals surface area (Å²) in [7, 11) is 0. The van der Waals surface area contributed by atoms with Gasteiger partial charge < -0.3 is 10.5 Å². The summed E-state index contributed by atoms with van der Waals surface area (Å²) in [5, 5.41) is 0. The summed E-state index contributed by atoms with van der Waals surface area (Å²) < 4.78 is 5.39. The Balaban J connectivity index is 1.75. The molecule has 106 valence electrons. The van der Waals surface area contributed by atoms with Gasteiger partial charge in [-0.05, 0) is 35.6 Å². The maximum Gasteiger partial charge on any atom is 0.282 e. The number of rotatable bonds is 1. The third-order valence-corrected chi connectivity index (χ3v) is 4.44. The van der Waals surface area contributed by atoms with Crippen LogP contribution >= 0.6 is 0 Å². The molecule has 0 saturated carbocycles. The van der Waals surface area contributed by atoms with Gasteiger partial charge in [0.2, 0.25) is 0 Å². The lowest BCUT2D eigenvalue weighted by Gasteiger charge is -2.31. The van der Waals surface area contributed by atoms with Crippen molar-refractivity contribution >= 4 is 6.02 Å². The highest BCUT2D eigenvalue weighted by molar-refractivity contribution is 5.74. The number of aromatic nitrogens is 1. The minimum absolute atomic E-state index is 0.148. The van der Waals surface area contributed by atoms with Gasteiger partial charge in [0.25, 0.3) is 6.02 Å². The highest BCUT2D eigenvalue weighted by Crippen LogP contribution is 2.38. The van der Waals surface area contributed by atoms with Gasteiger partial charge in [-0.15, -0.1) is 0 Å². The minimum atomic E-state index is -0.148. The van der Waals surface area contributed by atoms with E-state index in [1.807, 2.05) is 12.3 Å². The molecule has 1 aromatic carbocycles. The molecule has 4 heteroatoms. The first kappa shape index (κ1) is 12.4. The summed E-state index contributed by atoms with van der Waals surface area (Å²) >= 11 is 0. The number of nitrogens with zero attached hydrogens (tertiary/aromatic N) is 2. The molecule has 2 heterocycles. The summed E-state index contributed by atoms with van der Waals surface area (Å²) in [6.07, 6.45) is 6.62. The lowest BCUT2D eigenvalue weighted by Crippen LogP contribution is -2.35. The number of ether oxygens (including phenoxy) is 1. The molecule has 1 atom stereocenters. The van der Waals surface area contributed by atoms with Gasteiger partial charge in [0.05, 0.1) is 0 Å². The highest BCUT2D eigenvalue weighted by atomic mass is 16.5. The highest BCUT2D eigenvalue weighted by Gasteiger charge is 2.39. The molecule has 2 aromatic rings. The summed E-state index contributed by atoms with van der Waals surface area (Å²) in [6, 6.07) is 10.9. The van der Waals surface area contributed by atoms with Gasteiger partial charge in [-0.1, -0.05) is 24.3 Å². The van der Waals surface area contributed by atoms with Crippen molar-refractivity contribution in [1.82, 2.24) is 4.98 Å². The second-order valence-corrected chi connectivity index (χ2v) is 5.82. The topological polar surface area (TPSA) is 60.5 Å². The Morgan fingerprint density at radius 2 is 2.14 bits per heavy atom. The van der Waals surface area contributed by atoms with Crippen molar-refractivity contribution in [3.8, 4) is 11.1 Å².